The average molecular weight is 332 g/mol. The maximum Gasteiger partial charge on any atom is 0.516 e. The van der Waals surface area contributed by atoms with Crippen molar-refractivity contribution in [3.8, 4) is 0 Å². The summed E-state index contributed by atoms with van der Waals surface area (Å²) >= 11 is 0. The van der Waals surface area contributed by atoms with E-state index in [1.165, 1.54) is 0 Å². The van der Waals surface area contributed by atoms with Gasteiger partial charge < -0.3 is 24.8 Å². The lowest BCUT2D eigenvalue weighted by molar-refractivity contribution is -0.142. The van der Waals surface area contributed by atoms with Crippen LogP contribution in [0.2, 0.25) is 0 Å². The van der Waals surface area contributed by atoms with Gasteiger partial charge in [0.1, 0.15) is 11.6 Å². The Hall–Kier alpha value is -1.83. The number of nitrogens with one attached hydrogen (secondary N) is 2. The summed E-state index contributed by atoms with van der Waals surface area (Å²) in [5.41, 5.74) is -0.530. The standard InChI is InChI=1S/C15H28N2O6/c1-6-21-14(20)22-12(18)11(16-5)9-7-8-10-17-13(19)23-15(2,3)4/h11,16H,6-10H2,1-5H3,(H,17,19). The van der Waals surface area contributed by atoms with Gasteiger partial charge in [-0.1, -0.05) is 0 Å². The Bertz CT molecular complexity index is 392. The third-order valence-electron chi connectivity index (χ3n) is 2.67. The quantitative estimate of drug-likeness (QED) is 0.398. The Kier molecular flexibility index (Phi) is 9.96. The van der Waals surface area contributed by atoms with Crippen LogP contribution < -0.4 is 10.6 Å². The molecule has 0 bridgehead atoms. The number of carbonyl (C=O) groups is 3. The number of hydrogen-bond donors (Lipinski definition) is 2. The monoisotopic (exact) mass is 332 g/mol. The van der Waals surface area contributed by atoms with Crippen LogP contribution in [0, 0.1) is 0 Å². The molecular formula is C15H28N2O6. The topological polar surface area (TPSA) is 103 Å². The third kappa shape index (κ3) is 11.4. The smallest absolute Gasteiger partial charge is 0.444 e. The lowest BCUT2D eigenvalue weighted by Crippen LogP contribution is -2.37. The van der Waals surface area contributed by atoms with Gasteiger partial charge in [-0.15, -0.1) is 0 Å². The molecule has 1 atom stereocenters. The van der Waals surface area contributed by atoms with Crippen molar-refractivity contribution < 1.29 is 28.6 Å². The van der Waals surface area contributed by atoms with Crippen molar-refractivity contribution in [2.24, 2.45) is 0 Å². The van der Waals surface area contributed by atoms with Crippen LogP contribution in [0.5, 0.6) is 0 Å². The molecule has 0 aliphatic rings. The van der Waals surface area contributed by atoms with E-state index in [0.29, 0.717) is 25.8 Å². The van der Waals surface area contributed by atoms with E-state index < -0.39 is 29.9 Å². The first-order chi connectivity index (χ1) is 10.7. The van der Waals surface area contributed by atoms with E-state index in [9.17, 15) is 14.4 Å². The molecule has 1 amide bonds. The molecular weight excluding hydrogens is 304 g/mol. The summed E-state index contributed by atoms with van der Waals surface area (Å²) in [6.07, 6.45) is 0.349. The second-order valence-corrected chi connectivity index (χ2v) is 5.87. The SMILES string of the molecule is CCOC(=O)OC(=O)C(CCCCNC(=O)OC(C)(C)C)NC. The molecule has 0 rings (SSSR count). The van der Waals surface area contributed by atoms with Crippen molar-refractivity contribution in [3.05, 3.63) is 0 Å². The van der Waals surface area contributed by atoms with Crippen molar-refractivity contribution in [2.75, 3.05) is 20.2 Å². The van der Waals surface area contributed by atoms with Gasteiger partial charge in [0.25, 0.3) is 0 Å². The molecule has 0 aliphatic carbocycles. The highest BCUT2D eigenvalue weighted by molar-refractivity contribution is 5.85. The Labute approximate surface area is 137 Å². The predicted molar refractivity (Wildman–Crippen MR) is 84.0 cm³/mol. The number of unbranched alkanes of at least 4 members (excludes halogenated alkanes) is 1. The Morgan fingerprint density at radius 3 is 2.30 bits per heavy atom. The molecule has 0 aliphatic heterocycles. The summed E-state index contributed by atoms with van der Waals surface area (Å²) in [7, 11) is 1.61. The fraction of sp³-hybridized carbons (Fsp3) is 0.800. The first-order valence-electron chi connectivity index (χ1n) is 7.72. The highest BCUT2D eigenvalue weighted by Gasteiger charge is 2.21. The number of hydrogen-bond acceptors (Lipinski definition) is 7. The molecule has 134 valence electrons. The van der Waals surface area contributed by atoms with E-state index in [2.05, 4.69) is 20.1 Å². The maximum atomic E-state index is 11.7. The third-order valence-corrected chi connectivity index (χ3v) is 2.67. The molecule has 0 aromatic rings. The molecule has 0 radical (unpaired) electrons. The largest absolute Gasteiger partial charge is 0.516 e. The van der Waals surface area contributed by atoms with E-state index >= 15 is 0 Å². The van der Waals surface area contributed by atoms with Gasteiger partial charge in [0.2, 0.25) is 0 Å². The molecule has 0 spiro atoms. The Balaban J connectivity index is 3.93. The Morgan fingerprint density at radius 2 is 1.78 bits per heavy atom. The lowest BCUT2D eigenvalue weighted by atomic mass is 10.1. The molecule has 0 aromatic heterocycles. The number of amides is 1. The van der Waals surface area contributed by atoms with E-state index in [1.54, 1.807) is 34.7 Å². The zero-order chi connectivity index (χ0) is 17.9. The molecule has 23 heavy (non-hydrogen) atoms. The van der Waals surface area contributed by atoms with Gasteiger partial charge in [0, 0.05) is 6.54 Å². The summed E-state index contributed by atoms with van der Waals surface area (Å²) < 4.78 is 14.2. The van der Waals surface area contributed by atoms with Crippen LogP contribution in [0.4, 0.5) is 9.59 Å². The summed E-state index contributed by atoms with van der Waals surface area (Å²) in [6, 6.07) is -0.596. The Morgan fingerprint density at radius 1 is 1.13 bits per heavy atom. The minimum absolute atomic E-state index is 0.146. The van der Waals surface area contributed by atoms with Crippen LogP contribution in [0.1, 0.15) is 47.0 Å². The van der Waals surface area contributed by atoms with Crippen LogP contribution in [-0.2, 0) is 19.0 Å². The van der Waals surface area contributed by atoms with Crippen molar-refractivity contribution in [1.82, 2.24) is 10.6 Å². The fourth-order valence-corrected chi connectivity index (χ4v) is 1.66. The van der Waals surface area contributed by atoms with Crippen molar-refractivity contribution in [3.63, 3.8) is 0 Å². The number of carbonyl (C=O) groups excluding carboxylic acids is 3. The molecule has 2 N–H and O–H groups in total. The molecule has 8 heteroatoms. The van der Waals surface area contributed by atoms with Crippen LogP contribution in [-0.4, -0.2) is 50.1 Å². The molecule has 0 fully saturated rings. The van der Waals surface area contributed by atoms with Gasteiger partial charge in [0.15, 0.2) is 0 Å². The molecule has 0 heterocycles. The first-order valence-corrected chi connectivity index (χ1v) is 7.72. The molecule has 0 saturated carbocycles. The minimum atomic E-state index is -0.996. The molecule has 0 aromatic carbocycles. The maximum absolute atomic E-state index is 11.7. The molecule has 8 nitrogen and oxygen atoms in total. The highest BCUT2D eigenvalue weighted by atomic mass is 16.7. The summed E-state index contributed by atoms with van der Waals surface area (Å²) in [5.74, 6) is -0.675. The minimum Gasteiger partial charge on any atom is -0.444 e. The van der Waals surface area contributed by atoms with Gasteiger partial charge in [-0.2, -0.15) is 0 Å². The van der Waals surface area contributed by atoms with Gasteiger partial charge in [-0.25, -0.2) is 14.4 Å². The second-order valence-electron chi connectivity index (χ2n) is 5.87. The normalized spacial score (nSPS) is 12.2. The van der Waals surface area contributed by atoms with E-state index in [0.717, 1.165) is 0 Å². The number of rotatable bonds is 8. The van der Waals surface area contributed by atoms with Gasteiger partial charge in [-0.05, 0) is 54.0 Å². The first kappa shape index (κ1) is 21.2. The van der Waals surface area contributed by atoms with E-state index in [-0.39, 0.29) is 6.61 Å². The average Bonchev–Trinajstić information content (AvgIpc) is 2.40. The zero-order valence-electron chi connectivity index (χ0n) is 14.6. The number of ether oxygens (including phenoxy) is 3. The predicted octanol–water partition coefficient (Wildman–Crippen LogP) is 1.97. The van der Waals surface area contributed by atoms with Gasteiger partial charge in [0.05, 0.1) is 6.61 Å². The summed E-state index contributed by atoms with van der Waals surface area (Å²) in [4.78, 5) is 34.2. The molecule has 1 unspecified atom stereocenters. The molecule has 0 saturated heterocycles. The van der Waals surface area contributed by atoms with Crippen LogP contribution in [0.3, 0.4) is 0 Å². The van der Waals surface area contributed by atoms with Crippen molar-refractivity contribution in [1.29, 1.82) is 0 Å². The summed E-state index contributed by atoms with van der Waals surface area (Å²) in [6.45, 7) is 7.58. The van der Waals surface area contributed by atoms with Crippen LogP contribution in [0.25, 0.3) is 0 Å². The zero-order valence-corrected chi connectivity index (χ0v) is 14.6. The van der Waals surface area contributed by atoms with E-state index in [4.69, 9.17) is 4.74 Å². The highest BCUT2D eigenvalue weighted by Crippen LogP contribution is 2.07. The van der Waals surface area contributed by atoms with Crippen molar-refractivity contribution >= 4 is 18.2 Å². The second kappa shape index (κ2) is 10.8. The van der Waals surface area contributed by atoms with Crippen molar-refractivity contribution in [2.45, 2.75) is 58.6 Å². The number of likely N-dealkylation sites (N-methyl/N-ethyl adjacent to an activating group) is 1. The lowest BCUT2D eigenvalue weighted by Gasteiger charge is -2.19. The van der Waals surface area contributed by atoms with E-state index in [1.807, 2.05) is 0 Å². The number of alkyl carbamates (subject to hydrolysis) is 1. The number of esters is 1. The fourth-order valence-electron chi connectivity index (χ4n) is 1.66. The van der Waals surface area contributed by atoms with Crippen LogP contribution >= 0.6 is 0 Å². The van der Waals surface area contributed by atoms with Crippen LogP contribution in [0.15, 0.2) is 0 Å². The van der Waals surface area contributed by atoms with Gasteiger partial charge >= 0.3 is 18.2 Å². The summed E-state index contributed by atoms with van der Waals surface area (Å²) in [5, 5.41) is 5.42. The van der Waals surface area contributed by atoms with Gasteiger partial charge in [-0.3, -0.25) is 0 Å².